The summed E-state index contributed by atoms with van der Waals surface area (Å²) in [6, 6.07) is 6.28. The predicted octanol–water partition coefficient (Wildman–Crippen LogP) is 3.43. The highest BCUT2D eigenvalue weighted by molar-refractivity contribution is 5.84. The smallest absolute Gasteiger partial charge is 0.203 e. The summed E-state index contributed by atoms with van der Waals surface area (Å²) in [5, 5.41) is 4.03. The van der Waals surface area contributed by atoms with Crippen molar-refractivity contribution in [3.05, 3.63) is 29.7 Å². The van der Waals surface area contributed by atoms with Gasteiger partial charge in [0, 0.05) is 18.7 Å². The maximum atomic E-state index is 5.26. The zero-order valence-corrected chi connectivity index (χ0v) is 12.3. The van der Waals surface area contributed by atoms with Crippen molar-refractivity contribution < 1.29 is 4.52 Å². The molecule has 0 saturated carbocycles. The number of aryl methyl sites for hydroxylation is 2. The molecule has 1 aliphatic heterocycles. The zero-order chi connectivity index (χ0) is 14.4. The van der Waals surface area contributed by atoms with Gasteiger partial charge < -0.3 is 14.4 Å². The third-order valence-electron chi connectivity index (χ3n) is 4.20. The fourth-order valence-corrected chi connectivity index (χ4v) is 3.13. The Balaban J connectivity index is 1.79. The Morgan fingerprint density at radius 1 is 1.19 bits per heavy atom. The molecule has 4 rings (SSSR count). The second-order valence-electron chi connectivity index (χ2n) is 5.69. The Kier molecular flexibility index (Phi) is 2.74. The van der Waals surface area contributed by atoms with Crippen LogP contribution in [-0.4, -0.2) is 28.2 Å². The monoisotopic (exact) mass is 282 g/mol. The Morgan fingerprint density at radius 3 is 2.71 bits per heavy atom. The van der Waals surface area contributed by atoms with E-state index < -0.39 is 0 Å². The minimum Gasteiger partial charge on any atom is -0.361 e. The van der Waals surface area contributed by atoms with Crippen molar-refractivity contribution in [2.24, 2.45) is 0 Å². The van der Waals surface area contributed by atoms with E-state index in [1.54, 1.807) is 0 Å². The number of nitrogens with one attached hydrogen (secondary N) is 1. The van der Waals surface area contributed by atoms with E-state index in [9.17, 15) is 0 Å². The lowest BCUT2D eigenvalue weighted by atomic mass is 10.0. The molecule has 0 amide bonds. The van der Waals surface area contributed by atoms with Crippen molar-refractivity contribution in [3.63, 3.8) is 0 Å². The lowest BCUT2D eigenvalue weighted by Crippen LogP contribution is -2.18. The van der Waals surface area contributed by atoms with Gasteiger partial charge in [-0.2, -0.15) is 0 Å². The molecule has 0 unspecified atom stereocenters. The molecule has 1 aromatic carbocycles. The Hall–Kier alpha value is -2.30. The van der Waals surface area contributed by atoms with Gasteiger partial charge in [0.05, 0.1) is 16.7 Å². The van der Waals surface area contributed by atoms with Crippen LogP contribution in [0.25, 0.3) is 22.2 Å². The fraction of sp³-hybridized carbons (Fsp3) is 0.375. The second-order valence-corrected chi connectivity index (χ2v) is 5.69. The number of imidazole rings is 1. The number of benzene rings is 1. The standard InChI is InChI=1S/C16H18N4O/c1-10-15(11(2)21-19-10)12-5-6-13-14(9-12)18-16(17-13)20-7-3-4-8-20/h5-6,9H,3-4,7-8H2,1-2H3,(H,17,18). The van der Waals surface area contributed by atoms with Crippen molar-refractivity contribution in [1.82, 2.24) is 15.1 Å². The summed E-state index contributed by atoms with van der Waals surface area (Å²) in [4.78, 5) is 10.5. The van der Waals surface area contributed by atoms with Crippen molar-refractivity contribution in [2.75, 3.05) is 18.0 Å². The van der Waals surface area contributed by atoms with E-state index in [0.717, 1.165) is 52.7 Å². The first kappa shape index (κ1) is 12.4. The van der Waals surface area contributed by atoms with Crippen LogP contribution < -0.4 is 4.90 Å². The van der Waals surface area contributed by atoms with Crippen LogP contribution in [0.5, 0.6) is 0 Å². The van der Waals surface area contributed by atoms with E-state index >= 15 is 0 Å². The van der Waals surface area contributed by atoms with Crippen LogP contribution in [0.1, 0.15) is 24.3 Å². The second kappa shape index (κ2) is 4.62. The first-order valence-electron chi connectivity index (χ1n) is 7.40. The van der Waals surface area contributed by atoms with E-state index in [1.807, 2.05) is 13.8 Å². The Labute approximate surface area is 123 Å². The van der Waals surface area contributed by atoms with Gasteiger partial charge in [-0.3, -0.25) is 0 Å². The van der Waals surface area contributed by atoms with E-state index in [0.29, 0.717) is 0 Å². The van der Waals surface area contributed by atoms with Gasteiger partial charge in [0.1, 0.15) is 5.76 Å². The predicted molar refractivity (Wildman–Crippen MR) is 82.5 cm³/mol. The third-order valence-corrected chi connectivity index (χ3v) is 4.20. The highest BCUT2D eigenvalue weighted by Gasteiger charge is 2.17. The highest BCUT2D eigenvalue weighted by Crippen LogP contribution is 2.30. The van der Waals surface area contributed by atoms with Gasteiger partial charge in [-0.05, 0) is 44.4 Å². The average molecular weight is 282 g/mol. The molecule has 0 radical (unpaired) electrons. The molecule has 5 nitrogen and oxygen atoms in total. The van der Waals surface area contributed by atoms with E-state index in [2.05, 4.69) is 33.2 Å². The van der Waals surface area contributed by atoms with Crippen LogP contribution >= 0.6 is 0 Å². The Bertz CT molecular complexity index is 776. The molecule has 3 heterocycles. The molecule has 2 aromatic heterocycles. The molecular formula is C16H18N4O. The Morgan fingerprint density at radius 2 is 2.00 bits per heavy atom. The lowest BCUT2D eigenvalue weighted by Gasteiger charge is -2.12. The SMILES string of the molecule is Cc1noc(C)c1-c1ccc2nc(N3CCCC3)[nH]c2c1. The molecule has 1 saturated heterocycles. The van der Waals surface area contributed by atoms with Gasteiger partial charge in [-0.25, -0.2) is 4.98 Å². The molecular weight excluding hydrogens is 264 g/mol. The van der Waals surface area contributed by atoms with Gasteiger partial charge in [0.2, 0.25) is 5.95 Å². The summed E-state index contributed by atoms with van der Waals surface area (Å²) >= 11 is 0. The maximum Gasteiger partial charge on any atom is 0.203 e. The van der Waals surface area contributed by atoms with Crippen molar-refractivity contribution >= 4 is 17.0 Å². The molecule has 108 valence electrons. The van der Waals surface area contributed by atoms with Crippen LogP contribution in [-0.2, 0) is 0 Å². The van der Waals surface area contributed by atoms with Crippen LogP contribution in [0.2, 0.25) is 0 Å². The number of H-pyrrole nitrogens is 1. The molecule has 0 aliphatic carbocycles. The molecule has 3 aromatic rings. The maximum absolute atomic E-state index is 5.26. The summed E-state index contributed by atoms with van der Waals surface area (Å²) in [5.41, 5.74) is 5.19. The summed E-state index contributed by atoms with van der Waals surface area (Å²) in [6.07, 6.45) is 2.50. The first-order chi connectivity index (χ1) is 10.2. The number of rotatable bonds is 2. The van der Waals surface area contributed by atoms with Crippen LogP contribution in [0.4, 0.5) is 5.95 Å². The molecule has 1 N–H and O–H groups in total. The number of fused-ring (bicyclic) bond motifs is 1. The zero-order valence-electron chi connectivity index (χ0n) is 12.3. The van der Waals surface area contributed by atoms with E-state index in [4.69, 9.17) is 9.51 Å². The normalized spacial score (nSPS) is 15.2. The fourth-order valence-electron chi connectivity index (χ4n) is 3.13. The number of aromatic nitrogens is 3. The largest absolute Gasteiger partial charge is 0.361 e. The number of hydrogen-bond acceptors (Lipinski definition) is 4. The quantitative estimate of drug-likeness (QED) is 0.782. The summed E-state index contributed by atoms with van der Waals surface area (Å²) in [6.45, 7) is 6.11. The summed E-state index contributed by atoms with van der Waals surface area (Å²) in [7, 11) is 0. The van der Waals surface area contributed by atoms with Crippen molar-refractivity contribution in [1.29, 1.82) is 0 Å². The molecule has 21 heavy (non-hydrogen) atoms. The van der Waals surface area contributed by atoms with Gasteiger partial charge >= 0.3 is 0 Å². The molecule has 1 aliphatic rings. The molecule has 0 atom stereocenters. The van der Waals surface area contributed by atoms with Gasteiger partial charge in [-0.1, -0.05) is 11.2 Å². The van der Waals surface area contributed by atoms with Crippen LogP contribution in [0.15, 0.2) is 22.7 Å². The minimum atomic E-state index is 0.853. The average Bonchev–Trinajstić information content (AvgIpc) is 3.17. The number of hydrogen-bond donors (Lipinski definition) is 1. The highest BCUT2D eigenvalue weighted by atomic mass is 16.5. The first-order valence-corrected chi connectivity index (χ1v) is 7.40. The van der Waals surface area contributed by atoms with Gasteiger partial charge in [0.25, 0.3) is 0 Å². The molecule has 5 heteroatoms. The van der Waals surface area contributed by atoms with Gasteiger partial charge in [0.15, 0.2) is 0 Å². The number of anilines is 1. The lowest BCUT2D eigenvalue weighted by molar-refractivity contribution is 0.393. The number of aromatic amines is 1. The van der Waals surface area contributed by atoms with Crippen LogP contribution in [0, 0.1) is 13.8 Å². The summed E-state index contributed by atoms with van der Waals surface area (Å²) < 4.78 is 5.26. The number of nitrogens with zero attached hydrogens (tertiary/aromatic N) is 3. The van der Waals surface area contributed by atoms with Crippen molar-refractivity contribution in [2.45, 2.75) is 26.7 Å². The van der Waals surface area contributed by atoms with E-state index in [-0.39, 0.29) is 0 Å². The van der Waals surface area contributed by atoms with E-state index in [1.165, 1.54) is 12.8 Å². The molecule has 1 fully saturated rings. The van der Waals surface area contributed by atoms with Crippen LogP contribution in [0.3, 0.4) is 0 Å². The van der Waals surface area contributed by atoms with Crippen molar-refractivity contribution in [3.8, 4) is 11.1 Å². The summed E-state index contributed by atoms with van der Waals surface area (Å²) in [5.74, 6) is 1.84. The van der Waals surface area contributed by atoms with Gasteiger partial charge in [-0.15, -0.1) is 0 Å². The topological polar surface area (TPSA) is 58.0 Å². The molecule has 0 spiro atoms. The minimum absolute atomic E-state index is 0.853. The third kappa shape index (κ3) is 2.00. The molecule has 0 bridgehead atoms.